The highest BCUT2D eigenvalue weighted by Crippen LogP contribution is 2.26. The molecule has 1 fully saturated rings. The third-order valence-corrected chi connectivity index (χ3v) is 9.42. The van der Waals surface area contributed by atoms with Crippen LogP contribution in [0, 0.1) is 26.6 Å². The average Bonchev–Trinajstić information content (AvgIpc) is 2.80. The van der Waals surface area contributed by atoms with Crippen LogP contribution in [0.5, 0.6) is 0 Å². The number of benzene rings is 1. The lowest BCUT2D eigenvalue weighted by molar-refractivity contribution is 0.404. The normalized spacial score (nSPS) is 17.4. The molecule has 1 aliphatic heterocycles. The van der Waals surface area contributed by atoms with Crippen LogP contribution in [0.3, 0.4) is 0 Å². The second-order valence-corrected chi connectivity index (χ2v) is 11.0. The van der Waals surface area contributed by atoms with Gasteiger partial charge in [0.15, 0.2) is 0 Å². The lowest BCUT2D eigenvalue weighted by Crippen LogP contribution is -2.37. The summed E-state index contributed by atoms with van der Waals surface area (Å²) in [6.07, 6.45) is 0.358. The Morgan fingerprint density at radius 1 is 0.931 bits per heavy atom. The molecule has 1 aromatic heterocycles. The number of rotatable bonds is 4. The summed E-state index contributed by atoms with van der Waals surface area (Å²) >= 11 is 0. The van der Waals surface area contributed by atoms with Crippen molar-refractivity contribution in [1.82, 2.24) is 18.4 Å². The number of halogens is 1. The molecule has 2 aromatic rings. The van der Waals surface area contributed by atoms with E-state index in [-0.39, 0.29) is 36.0 Å². The summed E-state index contributed by atoms with van der Waals surface area (Å²) in [4.78, 5) is 0.208. The van der Waals surface area contributed by atoms with Gasteiger partial charge in [-0.15, -0.1) is 0 Å². The molecule has 0 unspecified atom stereocenters. The topological polar surface area (TPSA) is 92.6 Å². The Bertz CT molecular complexity index is 1140. The van der Waals surface area contributed by atoms with E-state index >= 15 is 0 Å². The Morgan fingerprint density at radius 3 is 2.03 bits per heavy atom. The molecule has 3 rings (SSSR count). The summed E-state index contributed by atoms with van der Waals surface area (Å²) in [5, 5.41) is 4.18. The van der Waals surface area contributed by atoms with E-state index in [1.54, 1.807) is 27.8 Å². The van der Waals surface area contributed by atoms with Gasteiger partial charge in [0, 0.05) is 33.2 Å². The highest BCUT2D eigenvalue weighted by atomic mass is 32.2. The zero-order chi connectivity index (χ0) is 21.6. The van der Waals surface area contributed by atoms with E-state index in [2.05, 4.69) is 5.10 Å². The van der Waals surface area contributed by atoms with Gasteiger partial charge in [-0.2, -0.15) is 13.7 Å². The predicted octanol–water partition coefficient (Wildman–Crippen LogP) is 1.57. The molecule has 0 amide bonds. The standard InChI is InChI=1S/C18H25FN4O4S2/c1-13-12-16(19)6-7-17(13)28(24,25)22-8-5-9-23(11-10-22)29(26,27)18-14(2)20-21(4)15(18)3/h6-7,12H,5,8-11H2,1-4H3. The molecule has 0 saturated carbocycles. The highest BCUT2D eigenvalue weighted by molar-refractivity contribution is 7.89. The number of nitrogens with zero attached hydrogens (tertiary/aromatic N) is 4. The van der Waals surface area contributed by atoms with Crippen molar-refractivity contribution in [2.24, 2.45) is 7.05 Å². The zero-order valence-electron chi connectivity index (χ0n) is 16.9. The van der Waals surface area contributed by atoms with Crippen LogP contribution < -0.4 is 0 Å². The fourth-order valence-corrected chi connectivity index (χ4v) is 7.19. The largest absolute Gasteiger partial charge is 0.271 e. The van der Waals surface area contributed by atoms with Gasteiger partial charge in [-0.3, -0.25) is 4.68 Å². The molecule has 8 nitrogen and oxygen atoms in total. The summed E-state index contributed by atoms with van der Waals surface area (Å²) in [5.41, 5.74) is 1.28. The fraction of sp³-hybridized carbons (Fsp3) is 0.500. The smallest absolute Gasteiger partial charge is 0.246 e. The molecule has 29 heavy (non-hydrogen) atoms. The molecule has 2 heterocycles. The number of aromatic nitrogens is 2. The van der Waals surface area contributed by atoms with Crippen molar-refractivity contribution < 1.29 is 21.2 Å². The minimum absolute atomic E-state index is 0.0245. The number of hydrogen-bond acceptors (Lipinski definition) is 5. The van der Waals surface area contributed by atoms with E-state index in [0.29, 0.717) is 23.4 Å². The first-order chi connectivity index (χ1) is 13.5. The molecule has 0 aliphatic carbocycles. The van der Waals surface area contributed by atoms with Gasteiger partial charge in [-0.05, 0) is 51.0 Å². The third-order valence-electron chi connectivity index (χ3n) is 5.21. The van der Waals surface area contributed by atoms with E-state index in [1.807, 2.05) is 0 Å². The van der Waals surface area contributed by atoms with Crippen molar-refractivity contribution in [3.63, 3.8) is 0 Å². The highest BCUT2D eigenvalue weighted by Gasteiger charge is 2.34. The molecule has 0 atom stereocenters. The van der Waals surface area contributed by atoms with Crippen LogP contribution in [0.15, 0.2) is 28.0 Å². The van der Waals surface area contributed by atoms with Crippen LogP contribution in [-0.2, 0) is 27.1 Å². The Morgan fingerprint density at radius 2 is 1.52 bits per heavy atom. The SMILES string of the molecule is Cc1cc(F)ccc1S(=O)(=O)N1CCCN(S(=O)(=O)c2c(C)nn(C)c2C)CC1. The van der Waals surface area contributed by atoms with Crippen molar-refractivity contribution in [3.05, 3.63) is 41.0 Å². The van der Waals surface area contributed by atoms with Gasteiger partial charge in [0.2, 0.25) is 20.0 Å². The van der Waals surface area contributed by atoms with E-state index in [4.69, 9.17) is 0 Å². The first kappa shape index (κ1) is 21.9. The Kier molecular flexibility index (Phi) is 5.87. The summed E-state index contributed by atoms with van der Waals surface area (Å²) in [6.45, 7) is 5.34. The summed E-state index contributed by atoms with van der Waals surface area (Å²) < 4.78 is 69.9. The quantitative estimate of drug-likeness (QED) is 0.714. The van der Waals surface area contributed by atoms with Gasteiger partial charge in [0.1, 0.15) is 10.7 Å². The Balaban J connectivity index is 1.87. The molecule has 1 saturated heterocycles. The fourth-order valence-electron chi connectivity index (χ4n) is 3.65. The molecule has 0 spiro atoms. The van der Waals surface area contributed by atoms with Gasteiger partial charge in [-0.1, -0.05) is 0 Å². The number of hydrogen-bond donors (Lipinski definition) is 0. The maximum atomic E-state index is 13.4. The van der Waals surface area contributed by atoms with Crippen LogP contribution in [0.1, 0.15) is 23.4 Å². The van der Waals surface area contributed by atoms with Gasteiger partial charge in [0.05, 0.1) is 16.3 Å². The second kappa shape index (κ2) is 7.78. The van der Waals surface area contributed by atoms with Crippen molar-refractivity contribution >= 4 is 20.0 Å². The molecule has 0 bridgehead atoms. The summed E-state index contributed by atoms with van der Waals surface area (Å²) in [7, 11) is -5.96. The monoisotopic (exact) mass is 444 g/mol. The van der Waals surface area contributed by atoms with Crippen molar-refractivity contribution in [2.45, 2.75) is 37.0 Å². The van der Waals surface area contributed by atoms with Crippen molar-refractivity contribution in [2.75, 3.05) is 26.2 Å². The molecular weight excluding hydrogens is 419 g/mol. The Labute approximate surface area is 171 Å². The van der Waals surface area contributed by atoms with Gasteiger partial charge < -0.3 is 0 Å². The molecule has 11 heteroatoms. The van der Waals surface area contributed by atoms with Crippen molar-refractivity contribution in [3.8, 4) is 0 Å². The predicted molar refractivity (Wildman–Crippen MR) is 106 cm³/mol. The third kappa shape index (κ3) is 3.96. The van der Waals surface area contributed by atoms with E-state index in [9.17, 15) is 21.2 Å². The molecule has 160 valence electrons. The van der Waals surface area contributed by atoms with E-state index < -0.39 is 25.9 Å². The average molecular weight is 445 g/mol. The number of aryl methyl sites for hydroxylation is 3. The van der Waals surface area contributed by atoms with Crippen LogP contribution in [0.25, 0.3) is 0 Å². The van der Waals surface area contributed by atoms with Gasteiger partial charge in [-0.25, -0.2) is 21.2 Å². The first-order valence-electron chi connectivity index (χ1n) is 9.23. The maximum Gasteiger partial charge on any atom is 0.246 e. The van der Waals surface area contributed by atoms with E-state index in [0.717, 1.165) is 6.07 Å². The van der Waals surface area contributed by atoms with Gasteiger partial charge in [0.25, 0.3) is 0 Å². The van der Waals surface area contributed by atoms with Crippen LogP contribution >= 0.6 is 0 Å². The molecular formula is C18H25FN4O4S2. The molecule has 1 aliphatic rings. The molecule has 1 aromatic carbocycles. The van der Waals surface area contributed by atoms with Crippen LogP contribution in [0.4, 0.5) is 4.39 Å². The zero-order valence-corrected chi connectivity index (χ0v) is 18.5. The van der Waals surface area contributed by atoms with Crippen LogP contribution in [0.2, 0.25) is 0 Å². The first-order valence-corrected chi connectivity index (χ1v) is 12.1. The minimum atomic E-state index is -3.85. The van der Waals surface area contributed by atoms with Crippen LogP contribution in [-0.4, -0.2) is 61.4 Å². The minimum Gasteiger partial charge on any atom is -0.271 e. The summed E-state index contributed by atoms with van der Waals surface area (Å²) in [5.74, 6) is -0.503. The maximum absolute atomic E-state index is 13.4. The Hall–Kier alpha value is -1.82. The second-order valence-electron chi connectivity index (χ2n) is 7.20. The lowest BCUT2D eigenvalue weighted by atomic mass is 10.2. The van der Waals surface area contributed by atoms with Crippen molar-refractivity contribution in [1.29, 1.82) is 0 Å². The molecule has 0 N–H and O–H groups in total. The lowest BCUT2D eigenvalue weighted by Gasteiger charge is -2.22. The molecule has 0 radical (unpaired) electrons. The van der Waals surface area contributed by atoms with E-state index in [1.165, 1.54) is 25.4 Å². The summed E-state index contributed by atoms with van der Waals surface area (Å²) in [6, 6.07) is 3.54. The van der Waals surface area contributed by atoms with Gasteiger partial charge >= 0.3 is 0 Å². The number of sulfonamides is 2.